The maximum atomic E-state index is 14.1. The summed E-state index contributed by atoms with van der Waals surface area (Å²) in [6.45, 7) is 8.00. The molecule has 0 aliphatic heterocycles. The van der Waals surface area contributed by atoms with Gasteiger partial charge in [0, 0.05) is 20.6 Å². The van der Waals surface area contributed by atoms with E-state index in [1.807, 2.05) is 6.26 Å². The van der Waals surface area contributed by atoms with Crippen LogP contribution in [0.15, 0.2) is 41.4 Å². The van der Waals surface area contributed by atoms with E-state index in [1.54, 1.807) is 36.0 Å². The Labute approximate surface area is 221 Å². The van der Waals surface area contributed by atoms with Gasteiger partial charge in [0.1, 0.15) is 29.2 Å². The summed E-state index contributed by atoms with van der Waals surface area (Å²) in [6.07, 6.45) is 4.26. The van der Waals surface area contributed by atoms with Gasteiger partial charge in [0.15, 0.2) is 0 Å². The lowest BCUT2D eigenvalue weighted by Gasteiger charge is -2.22. The Kier molecular flexibility index (Phi) is 8.33. The van der Waals surface area contributed by atoms with E-state index >= 15 is 0 Å². The van der Waals surface area contributed by atoms with Crippen molar-refractivity contribution in [3.8, 4) is 0 Å². The first kappa shape index (κ1) is 26.7. The molecule has 1 saturated carbocycles. The number of aromatic nitrogens is 2. The molecule has 0 unspecified atom stereocenters. The fourth-order valence-electron chi connectivity index (χ4n) is 4.07. The van der Waals surface area contributed by atoms with Crippen LogP contribution in [0.3, 0.4) is 0 Å². The van der Waals surface area contributed by atoms with E-state index in [-0.39, 0.29) is 10.0 Å². The number of thioether (sulfide) groups is 1. The van der Waals surface area contributed by atoms with Gasteiger partial charge in [0.2, 0.25) is 0 Å². The predicted molar refractivity (Wildman–Crippen MR) is 144 cm³/mol. The lowest BCUT2D eigenvalue weighted by molar-refractivity contribution is 0.0795. The molecule has 0 spiro atoms. The highest BCUT2D eigenvalue weighted by Gasteiger charge is 2.34. The van der Waals surface area contributed by atoms with Crippen molar-refractivity contribution in [3.63, 3.8) is 0 Å². The second kappa shape index (κ2) is 10.9. The lowest BCUT2D eigenvalue weighted by Crippen LogP contribution is -2.22. The molecule has 4 rings (SSSR count). The minimum atomic E-state index is -1.24. The quantitative estimate of drug-likeness (QED) is 0.142. The van der Waals surface area contributed by atoms with Crippen LogP contribution in [0.4, 0.5) is 8.78 Å². The average molecular weight is 556 g/mol. The van der Waals surface area contributed by atoms with E-state index in [2.05, 4.69) is 24.2 Å². The van der Waals surface area contributed by atoms with Crippen LogP contribution >= 0.6 is 35.0 Å². The van der Waals surface area contributed by atoms with E-state index in [1.165, 1.54) is 12.1 Å². The number of benzene rings is 2. The summed E-state index contributed by atoms with van der Waals surface area (Å²) in [6, 6.07) is 10.4. The van der Waals surface area contributed by atoms with Gasteiger partial charge in [0.25, 0.3) is 0 Å². The monoisotopic (exact) mass is 554 g/mol. The summed E-state index contributed by atoms with van der Waals surface area (Å²) in [4.78, 5) is 5.12. The molecule has 0 radical (unpaired) electrons. The van der Waals surface area contributed by atoms with Gasteiger partial charge in [0.05, 0.1) is 21.7 Å². The summed E-state index contributed by atoms with van der Waals surface area (Å²) in [5, 5.41) is 1.12. The molecule has 1 heterocycles. The first-order chi connectivity index (χ1) is 16.6. The van der Waals surface area contributed by atoms with Crippen molar-refractivity contribution < 1.29 is 13.5 Å². The summed E-state index contributed by atoms with van der Waals surface area (Å²) in [5.74, 6) is -0.228. The lowest BCUT2D eigenvalue weighted by atomic mass is 9.90. The van der Waals surface area contributed by atoms with Gasteiger partial charge < -0.3 is 4.74 Å². The number of rotatable bonds is 10. The van der Waals surface area contributed by atoms with Crippen LogP contribution in [-0.4, -0.2) is 30.5 Å². The summed E-state index contributed by atoms with van der Waals surface area (Å²) in [7, 11) is -1.24. The molecular formula is C26H30Cl2F2N2OSSi. The van der Waals surface area contributed by atoms with Crippen molar-refractivity contribution in [2.45, 2.75) is 62.1 Å². The maximum Gasteiger partial charge on any atom is 0.141 e. The van der Waals surface area contributed by atoms with Crippen molar-refractivity contribution in [2.75, 3.05) is 12.9 Å². The average Bonchev–Trinajstić information content (AvgIpc) is 3.58. The highest BCUT2D eigenvalue weighted by Crippen LogP contribution is 2.46. The van der Waals surface area contributed by atoms with Crippen LogP contribution in [-0.2, 0) is 11.5 Å². The molecule has 0 saturated heterocycles. The van der Waals surface area contributed by atoms with Gasteiger partial charge in [-0.1, -0.05) is 55.0 Å². The van der Waals surface area contributed by atoms with Crippen LogP contribution in [0.1, 0.15) is 47.3 Å². The standard InChI is InChI=1S/C26H30Cl2F2N2OSSi/c1-34-26-24(16-5-6-16)31-25(32(26)15-33-11-12-35(2,3)4)23(17-7-9-21(29)19(27)13-17)18-8-10-22(30)20(28)14-18/h7-10,13-14,16,23H,5-6,11-12,15H2,1-4H3. The summed E-state index contributed by atoms with van der Waals surface area (Å²) < 4.78 is 36.4. The van der Waals surface area contributed by atoms with Gasteiger partial charge in [-0.15, -0.1) is 11.8 Å². The van der Waals surface area contributed by atoms with Gasteiger partial charge in [-0.05, 0) is 60.5 Å². The molecule has 1 aliphatic rings. The number of hydrogen-bond acceptors (Lipinski definition) is 3. The molecule has 1 fully saturated rings. The summed E-state index contributed by atoms with van der Waals surface area (Å²) in [5.41, 5.74) is 2.57. The molecule has 3 aromatic rings. The number of nitrogens with zero attached hydrogens (tertiary/aromatic N) is 2. The molecule has 2 aromatic carbocycles. The second-order valence-electron chi connectivity index (χ2n) is 10.2. The van der Waals surface area contributed by atoms with Crippen LogP contribution in [0.5, 0.6) is 0 Å². The fraction of sp³-hybridized carbons (Fsp3) is 0.423. The van der Waals surface area contributed by atoms with Crippen molar-refractivity contribution in [1.29, 1.82) is 0 Å². The Morgan fingerprint density at radius 2 is 1.63 bits per heavy atom. The van der Waals surface area contributed by atoms with Crippen LogP contribution in [0.25, 0.3) is 0 Å². The third-order valence-corrected chi connectivity index (χ3v) is 9.26. The van der Waals surface area contributed by atoms with Gasteiger partial charge >= 0.3 is 0 Å². The smallest absolute Gasteiger partial charge is 0.141 e. The van der Waals surface area contributed by atoms with Crippen molar-refractivity contribution in [1.82, 2.24) is 9.55 Å². The van der Waals surface area contributed by atoms with Gasteiger partial charge in [-0.2, -0.15) is 0 Å². The third kappa shape index (κ3) is 6.31. The number of halogens is 4. The highest BCUT2D eigenvalue weighted by atomic mass is 35.5. The molecule has 35 heavy (non-hydrogen) atoms. The third-order valence-electron chi connectivity index (χ3n) is 6.16. The Morgan fingerprint density at radius 3 is 2.09 bits per heavy atom. The SMILES string of the molecule is CSc1c(C2CC2)nc(C(c2ccc(F)c(Cl)c2)c2ccc(F)c(Cl)c2)n1COCC[Si](C)(C)C. The largest absolute Gasteiger partial charge is 0.361 e. The molecule has 1 aromatic heterocycles. The van der Waals surface area contributed by atoms with Crippen LogP contribution < -0.4 is 0 Å². The van der Waals surface area contributed by atoms with Gasteiger partial charge in [-0.25, -0.2) is 13.8 Å². The maximum absolute atomic E-state index is 14.1. The van der Waals surface area contributed by atoms with E-state index in [0.29, 0.717) is 19.3 Å². The highest BCUT2D eigenvalue weighted by molar-refractivity contribution is 7.98. The minimum Gasteiger partial charge on any atom is -0.361 e. The number of ether oxygens (including phenoxy) is 1. The summed E-state index contributed by atoms with van der Waals surface area (Å²) >= 11 is 14.0. The Bertz CT molecular complexity index is 1160. The molecule has 0 amide bonds. The van der Waals surface area contributed by atoms with Crippen molar-refractivity contribution in [3.05, 3.63) is 80.7 Å². The number of hydrogen-bond donors (Lipinski definition) is 0. The Hall–Kier alpha value is -1.38. The van der Waals surface area contributed by atoms with E-state index in [4.69, 9.17) is 32.9 Å². The van der Waals surface area contributed by atoms with Crippen LogP contribution in [0, 0.1) is 11.6 Å². The molecule has 3 nitrogen and oxygen atoms in total. The van der Waals surface area contributed by atoms with Crippen LogP contribution in [0.2, 0.25) is 35.7 Å². The topological polar surface area (TPSA) is 27.1 Å². The van der Waals surface area contributed by atoms with E-state index in [0.717, 1.165) is 46.6 Å². The normalized spacial score (nSPS) is 14.2. The predicted octanol–water partition coefficient (Wildman–Crippen LogP) is 8.56. The molecule has 1 aliphatic carbocycles. The minimum absolute atomic E-state index is 0.0257. The molecule has 0 bridgehead atoms. The first-order valence-corrected chi connectivity index (χ1v) is 17.4. The molecule has 9 heteroatoms. The Morgan fingerprint density at radius 1 is 1.06 bits per heavy atom. The molecular weight excluding hydrogens is 525 g/mol. The van der Waals surface area contributed by atoms with E-state index in [9.17, 15) is 8.78 Å². The van der Waals surface area contributed by atoms with Crippen molar-refractivity contribution >= 4 is 43.0 Å². The molecule has 0 N–H and O–H groups in total. The zero-order chi connectivity index (χ0) is 25.3. The molecule has 188 valence electrons. The first-order valence-electron chi connectivity index (χ1n) is 11.7. The number of imidazole rings is 1. The second-order valence-corrected chi connectivity index (χ2v) is 17.4. The zero-order valence-electron chi connectivity index (χ0n) is 20.4. The Balaban J connectivity index is 1.83. The fourth-order valence-corrected chi connectivity index (χ4v) is 5.99. The van der Waals surface area contributed by atoms with E-state index < -0.39 is 25.6 Å². The molecule has 0 atom stereocenters. The van der Waals surface area contributed by atoms with Gasteiger partial charge in [-0.3, -0.25) is 4.57 Å². The van der Waals surface area contributed by atoms with Crippen molar-refractivity contribution in [2.24, 2.45) is 0 Å². The zero-order valence-corrected chi connectivity index (χ0v) is 23.7.